The average molecular weight is 342 g/mol. The van der Waals surface area contributed by atoms with Gasteiger partial charge < -0.3 is 19.7 Å². The van der Waals surface area contributed by atoms with Crippen LogP contribution < -0.4 is 15.0 Å². The summed E-state index contributed by atoms with van der Waals surface area (Å²) in [5.41, 5.74) is 3.14. The number of hydrogen-bond donors (Lipinski definition) is 3. The van der Waals surface area contributed by atoms with Crippen molar-refractivity contribution >= 4 is 6.08 Å². The van der Waals surface area contributed by atoms with Gasteiger partial charge in [-0.1, -0.05) is 12.2 Å². The van der Waals surface area contributed by atoms with Gasteiger partial charge in [-0.2, -0.15) is 5.48 Å². The van der Waals surface area contributed by atoms with E-state index in [0.717, 1.165) is 6.42 Å². The number of rotatable bonds is 10. The third-order valence-electron chi connectivity index (χ3n) is 3.38. The van der Waals surface area contributed by atoms with E-state index in [2.05, 4.69) is 10.4 Å². The predicted molar refractivity (Wildman–Crippen MR) is 86.6 cm³/mol. The Morgan fingerprint density at radius 3 is 2.38 bits per heavy atom. The molecule has 1 aromatic rings. The molecule has 0 bridgehead atoms. The molecule has 0 aliphatic rings. The standard InChI is InChI=1S/C15H22N2O7/c1-10-11(8-6-4-5-7-9-16-24-17(20)21)13(19)15(23-3)14(22-2)12(10)18/h6,8,16,18-19H,4-5,7,9H2,1-3H3. The van der Waals surface area contributed by atoms with Crippen molar-refractivity contribution < 1.29 is 29.7 Å². The highest BCUT2D eigenvalue weighted by Gasteiger charge is 2.21. The van der Waals surface area contributed by atoms with E-state index < -0.39 is 5.09 Å². The van der Waals surface area contributed by atoms with E-state index in [4.69, 9.17) is 9.47 Å². The van der Waals surface area contributed by atoms with Crippen LogP contribution in [0.2, 0.25) is 0 Å². The first-order valence-electron chi connectivity index (χ1n) is 7.31. The maximum Gasteiger partial charge on any atom is 0.311 e. The van der Waals surface area contributed by atoms with E-state index >= 15 is 0 Å². The Balaban J connectivity index is 2.67. The van der Waals surface area contributed by atoms with Crippen molar-refractivity contribution in [1.29, 1.82) is 0 Å². The highest BCUT2D eigenvalue weighted by molar-refractivity contribution is 5.74. The van der Waals surface area contributed by atoms with Crippen LogP contribution in [0.5, 0.6) is 23.0 Å². The Kier molecular flexibility index (Phi) is 7.63. The van der Waals surface area contributed by atoms with Crippen molar-refractivity contribution in [1.82, 2.24) is 5.48 Å². The topological polar surface area (TPSA) is 123 Å². The van der Waals surface area contributed by atoms with Crippen molar-refractivity contribution in [2.45, 2.75) is 26.2 Å². The summed E-state index contributed by atoms with van der Waals surface area (Å²) in [6, 6.07) is 0. The van der Waals surface area contributed by atoms with Crippen LogP contribution in [-0.4, -0.2) is 36.1 Å². The lowest BCUT2D eigenvalue weighted by Gasteiger charge is -2.16. The summed E-state index contributed by atoms with van der Waals surface area (Å²) in [7, 11) is 2.75. The number of aromatic hydroxyl groups is 2. The Labute approximate surface area is 139 Å². The van der Waals surface area contributed by atoms with E-state index in [-0.39, 0.29) is 23.0 Å². The van der Waals surface area contributed by atoms with E-state index in [1.165, 1.54) is 14.2 Å². The summed E-state index contributed by atoms with van der Waals surface area (Å²) in [5, 5.41) is 29.4. The summed E-state index contributed by atoms with van der Waals surface area (Å²) in [6.07, 6.45) is 5.66. The van der Waals surface area contributed by atoms with E-state index in [9.17, 15) is 20.3 Å². The lowest BCUT2D eigenvalue weighted by atomic mass is 10.0. The summed E-state index contributed by atoms with van der Waals surface area (Å²) in [5.74, 6) is -0.0437. The lowest BCUT2D eigenvalue weighted by molar-refractivity contribution is -0.776. The van der Waals surface area contributed by atoms with E-state index in [1.54, 1.807) is 13.0 Å². The highest BCUT2D eigenvalue weighted by atomic mass is 17.0. The average Bonchev–Trinajstić information content (AvgIpc) is 2.55. The van der Waals surface area contributed by atoms with Crippen LogP contribution in [0.4, 0.5) is 0 Å². The smallest absolute Gasteiger partial charge is 0.311 e. The predicted octanol–water partition coefficient (Wildman–Crippen LogP) is 2.32. The molecule has 1 rings (SSSR count). The fourth-order valence-corrected chi connectivity index (χ4v) is 2.15. The van der Waals surface area contributed by atoms with Gasteiger partial charge >= 0.3 is 5.09 Å². The van der Waals surface area contributed by atoms with Crippen LogP contribution in [0.3, 0.4) is 0 Å². The molecule has 134 valence electrons. The Bertz CT molecular complexity index is 602. The first-order valence-corrected chi connectivity index (χ1v) is 7.31. The Morgan fingerprint density at radius 2 is 1.79 bits per heavy atom. The van der Waals surface area contributed by atoms with Crippen molar-refractivity contribution in [3.8, 4) is 23.0 Å². The third-order valence-corrected chi connectivity index (χ3v) is 3.38. The summed E-state index contributed by atoms with van der Waals surface area (Å²) < 4.78 is 10.1. The van der Waals surface area contributed by atoms with Crippen LogP contribution in [0.1, 0.15) is 30.4 Å². The number of phenolic OH excluding ortho intramolecular Hbond substituents is 2. The van der Waals surface area contributed by atoms with Gasteiger partial charge in [0.25, 0.3) is 0 Å². The first kappa shape index (κ1) is 19.4. The number of benzene rings is 1. The minimum atomic E-state index is -0.908. The molecule has 3 N–H and O–H groups in total. The highest BCUT2D eigenvalue weighted by Crippen LogP contribution is 2.48. The Hall–Kier alpha value is -2.68. The van der Waals surface area contributed by atoms with Crippen LogP contribution in [0.25, 0.3) is 6.08 Å². The minimum absolute atomic E-state index is 0.0707. The van der Waals surface area contributed by atoms with Gasteiger partial charge in [0.15, 0.2) is 11.5 Å². The molecule has 0 saturated heterocycles. The second-order valence-corrected chi connectivity index (χ2v) is 4.91. The molecule has 0 aromatic heterocycles. The summed E-state index contributed by atoms with van der Waals surface area (Å²) in [6.45, 7) is 2.02. The normalized spacial score (nSPS) is 10.8. The quantitative estimate of drug-likeness (QED) is 0.256. The molecule has 0 fully saturated rings. The Morgan fingerprint density at radius 1 is 1.17 bits per heavy atom. The lowest BCUT2D eigenvalue weighted by Crippen LogP contribution is -2.19. The zero-order valence-corrected chi connectivity index (χ0v) is 13.9. The number of nitrogens with one attached hydrogen (secondary N) is 1. The fourth-order valence-electron chi connectivity index (χ4n) is 2.15. The van der Waals surface area contributed by atoms with Crippen molar-refractivity contribution in [2.75, 3.05) is 20.8 Å². The molecule has 24 heavy (non-hydrogen) atoms. The molecule has 0 atom stereocenters. The van der Waals surface area contributed by atoms with Crippen LogP contribution in [0, 0.1) is 17.0 Å². The summed E-state index contributed by atoms with van der Waals surface area (Å²) in [4.78, 5) is 13.9. The van der Waals surface area contributed by atoms with Gasteiger partial charge in [-0.15, -0.1) is 10.1 Å². The number of unbranched alkanes of at least 4 members (excludes halogenated alkanes) is 2. The molecule has 0 spiro atoms. The zero-order valence-electron chi connectivity index (χ0n) is 13.9. The molecule has 0 unspecified atom stereocenters. The molecule has 1 aromatic carbocycles. The molecule has 0 saturated carbocycles. The zero-order chi connectivity index (χ0) is 18.1. The van der Waals surface area contributed by atoms with Gasteiger partial charge in [-0.25, -0.2) is 4.94 Å². The molecule has 0 amide bonds. The van der Waals surface area contributed by atoms with Crippen molar-refractivity contribution in [2.24, 2.45) is 0 Å². The van der Waals surface area contributed by atoms with E-state index in [0.29, 0.717) is 30.5 Å². The number of phenols is 2. The second-order valence-electron chi connectivity index (χ2n) is 4.91. The number of ether oxygens (including phenoxy) is 2. The molecular formula is C15H22N2O7. The van der Waals surface area contributed by atoms with Crippen LogP contribution in [-0.2, 0) is 4.94 Å². The first-order chi connectivity index (χ1) is 11.4. The number of methoxy groups -OCH3 is 2. The molecule has 0 heterocycles. The molecule has 9 heteroatoms. The molecular weight excluding hydrogens is 320 g/mol. The summed E-state index contributed by atoms with van der Waals surface area (Å²) >= 11 is 0. The SMILES string of the molecule is COc1c(O)c(C)c(C=CCCCCNO[N+](=O)[O-])c(O)c1OC. The molecule has 0 aliphatic heterocycles. The maximum absolute atomic E-state index is 10.3. The number of hydrogen-bond acceptors (Lipinski definition) is 8. The van der Waals surface area contributed by atoms with E-state index in [1.807, 2.05) is 6.08 Å². The number of hydroxylamine groups is 1. The minimum Gasteiger partial charge on any atom is -0.504 e. The van der Waals surface area contributed by atoms with Gasteiger partial charge in [0, 0.05) is 17.7 Å². The van der Waals surface area contributed by atoms with Crippen molar-refractivity contribution in [3.05, 3.63) is 27.3 Å². The largest absolute Gasteiger partial charge is 0.504 e. The maximum atomic E-state index is 10.3. The second kappa shape index (κ2) is 9.46. The van der Waals surface area contributed by atoms with Gasteiger partial charge in [0.2, 0.25) is 11.5 Å². The van der Waals surface area contributed by atoms with Gasteiger partial charge in [0.1, 0.15) is 0 Å². The van der Waals surface area contributed by atoms with Gasteiger partial charge in [-0.05, 0) is 26.2 Å². The van der Waals surface area contributed by atoms with Crippen LogP contribution in [0.15, 0.2) is 6.08 Å². The fraction of sp³-hybridized carbons (Fsp3) is 0.467. The van der Waals surface area contributed by atoms with Gasteiger partial charge in [0.05, 0.1) is 14.2 Å². The van der Waals surface area contributed by atoms with Crippen molar-refractivity contribution in [3.63, 3.8) is 0 Å². The molecule has 0 radical (unpaired) electrons. The number of nitrogens with zero attached hydrogens (tertiary/aromatic N) is 1. The molecule has 9 nitrogen and oxygen atoms in total. The van der Waals surface area contributed by atoms with Crippen LogP contribution >= 0.6 is 0 Å². The number of allylic oxidation sites excluding steroid dienone is 1. The van der Waals surface area contributed by atoms with Gasteiger partial charge in [-0.3, -0.25) is 0 Å². The third kappa shape index (κ3) is 4.92. The monoisotopic (exact) mass is 342 g/mol. The molecule has 0 aliphatic carbocycles.